The number of amides is 3. The van der Waals surface area contributed by atoms with Gasteiger partial charge in [0, 0.05) is 35.3 Å². The minimum absolute atomic E-state index is 0.0214. The Labute approximate surface area is 808 Å². The highest BCUT2D eigenvalue weighted by Gasteiger charge is 2.57. The molecular weight excluding hydrogens is 1750 g/mol. The molecule has 3 heterocycles. The third-order valence-electron chi connectivity index (χ3n) is 26.2. The number of carbonyl (C=O) groups excluding carboxylic acids is 12. The fourth-order valence-corrected chi connectivity index (χ4v) is 18.7. The largest absolute Gasteiger partial charge is 0.491 e. The average Bonchev–Trinajstić information content (AvgIpc) is 1.59. The van der Waals surface area contributed by atoms with E-state index in [1.807, 2.05) is 96.1 Å². The number of hydrogen-bond acceptors (Lipinski definition) is 21. The van der Waals surface area contributed by atoms with Crippen LogP contribution in [-0.4, -0.2) is 149 Å². The zero-order chi connectivity index (χ0) is 99.9. The fourth-order valence-electron chi connectivity index (χ4n) is 18.7. The first-order chi connectivity index (χ1) is 66.5. The van der Waals surface area contributed by atoms with Crippen LogP contribution in [0.2, 0.25) is 0 Å². The summed E-state index contributed by atoms with van der Waals surface area (Å²) in [6, 6.07) is 71.9. The molecule has 3 aliphatic heterocycles. The van der Waals surface area contributed by atoms with Gasteiger partial charge in [0.2, 0.25) is 17.7 Å². The van der Waals surface area contributed by atoms with Crippen LogP contribution in [0.4, 0.5) is 0 Å². The molecule has 15 unspecified atom stereocenters. The first-order valence-electron chi connectivity index (χ1n) is 48.1. The van der Waals surface area contributed by atoms with E-state index in [1.54, 1.807) is 196 Å². The number of cyclic esters (lactones) is 4. The molecule has 3 saturated heterocycles. The summed E-state index contributed by atoms with van der Waals surface area (Å²) in [5, 5.41) is 35.0. The third-order valence-corrected chi connectivity index (χ3v) is 26.2. The minimum atomic E-state index is -1.58. The topological polar surface area (TPSA) is 387 Å². The standard InChI is InChI=1S/C76H84N2O15.C18H18O4.C14H16O3.C5H13N/c1-6-9-39-77-69(81)66(61(72(84)85)44-57(50-25-17-12-18-26-50)65-48(5)74(88)93-76(65)90)58(51-27-19-13-20-28-51)43-60-67(71(83)78(70(60)82)40-10-7-2)59(52-29-21-14-22-30-52)45-62(73(86)87)68(56(8-3)49-23-15-11-16-24-49)75(89)92-42-41-91-55-37-35-54(36-38-55)64(80)46-63(79)53-33-31-47(4)32-34-53;1-13-2-4-14(5-3-13)17(20)12-18(21)15-6-8-16(9-7-15)22-11-10-19;1-3-11(10-7-5-4-6-8-10)12-9(2)13(15)17-14(12)16;1-2-3-4-5-6/h11-38,48,56-62,65-68H,6-10,39-46H2,1-5H3,(H,77,81)(H,84,85)(H,86,87);2-9,19H,10-12H2,1H3;4-9,11-12H,3H2,1-2H3;2-6H2,1H3. The van der Waals surface area contributed by atoms with Crippen LogP contribution in [0.1, 0.15) is 248 Å². The molecule has 138 heavy (non-hydrogen) atoms. The molecule has 0 spiro atoms. The number of Topliss-reactive ketones (excluding diaryl/α,β-unsaturated/α-hetero) is 4. The maximum absolute atomic E-state index is 15.7. The molecule has 9 aromatic carbocycles. The number of hydrogen-bond donors (Lipinski definition) is 5. The van der Waals surface area contributed by atoms with Gasteiger partial charge >= 0.3 is 41.8 Å². The van der Waals surface area contributed by atoms with Crippen LogP contribution in [0, 0.1) is 73.0 Å². The van der Waals surface area contributed by atoms with Gasteiger partial charge in [0.05, 0.1) is 78.6 Å². The lowest BCUT2D eigenvalue weighted by Crippen LogP contribution is -2.44. The van der Waals surface area contributed by atoms with Gasteiger partial charge in [0.25, 0.3) is 0 Å². The summed E-state index contributed by atoms with van der Waals surface area (Å²) < 4.78 is 27.1. The molecule has 9 aromatic rings. The van der Waals surface area contributed by atoms with Gasteiger partial charge in [-0.2, -0.15) is 0 Å². The third kappa shape index (κ3) is 30.0. The van der Waals surface area contributed by atoms with Crippen molar-refractivity contribution in [3.8, 4) is 11.5 Å². The first-order valence-corrected chi connectivity index (χ1v) is 48.1. The number of likely N-dealkylation sites (tertiary alicyclic amines) is 1. The second-order valence-electron chi connectivity index (χ2n) is 35.5. The maximum Gasteiger partial charge on any atom is 0.318 e. The van der Waals surface area contributed by atoms with E-state index in [4.69, 9.17) is 34.5 Å². The average molecular weight is 1880 g/mol. The molecule has 25 heteroatoms. The van der Waals surface area contributed by atoms with E-state index in [9.17, 15) is 58.2 Å². The Morgan fingerprint density at radius 3 is 1.16 bits per heavy atom. The van der Waals surface area contributed by atoms with E-state index < -0.39 is 125 Å². The minimum Gasteiger partial charge on any atom is -0.491 e. The number of carboxylic acids is 2. The second-order valence-corrected chi connectivity index (χ2v) is 35.5. The molecule has 730 valence electrons. The molecule has 0 radical (unpaired) electrons. The van der Waals surface area contributed by atoms with E-state index in [0.717, 1.165) is 29.7 Å². The number of rotatable bonds is 48. The molecular formula is C113H131N3O22. The predicted molar refractivity (Wildman–Crippen MR) is 523 cm³/mol. The number of aliphatic carboxylic acids is 2. The first kappa shape index (κ1) is 108. The van der Waals surface area contributed by atoms with Gasteiger partial charge in [-0.1, -0.05) is 285 Å². The van der Waals surface area contributed by atoms with Crippen LogP contribution in [0.5, 0.6) is 11.5 Å². The number of nitrogens with one attached hydrogen (secondary N) is 1. The van der Waals surface area contributed by atoms with Gasteiger partial charge in [-0.25, -0.2) is 0 Å². The highest BCUT2D eigenvalue weighted by Crippen LogP contribution is 2.52. The van der Waals surface area contributed by atoms with Gasteiger partial charge in [-0.05, 0) is 178 Å². The Morgan fingerprint density at radius 1 is 0.413 bits per heavy atom. The molecule has 6 N–H and O–H groups in total. The number of carboxylic acid groups (broad SMARTS) is 2. The number of aliphatic hydroxyl groups excluding tert-OH is 1. The summed E-state index contributed by atoms with van der Waals surface area (Å²) in [5.74, 6) is -23.1. The van der Waals surface area contributed by atoms with Crippen LogP contribution < -0.4 is 20.5 Å². The molecule has 12 rings (SSSR count). The fraction of sp³-hybridized carbons (Fsp3) is 0.398. The number of imide groups is 1. The van der Waals surface area contributed by atoms with Gasteiger partial charge < -0.3 is 50.1 Å². The van der Waals surface area contributed by atoms with Gasteiger partial charge in [-0.3, -0.25) is 72.0 Å². The molecule has 3 amide bonds. The van der Waals surface area contributed by atoms with Crippen LogP contribution in [0.3, 0.4) is 0 Å². The number of nitrogens with two attached hydrogens (primary N) is 1. The summed E-state index contributed by atoms with van der Waals surface area (Å²) in [5.41, 5.74) is 12.3. The molecule has 3 fully saturated rings. The van der Waals surface area contributed by atoms with Crippen molar-refractivity contribution in [2.75, 3.05) is 46.1 Å². The van der Waals surface area contributed by atoms with Gasteiger partial charge in [0.1, 0.15) is 31.3 Å². The Balaban J connectivity index is 0.000000381. The van der Waals surface area contributed by atoms with Crippen molar-refractivity contribution in [1.29, 1.82) is 0 Å². The Morgan fingerprint density at radius 2 is 0.790 bits per heavy atom. The van der Waals surface area contributed by atoms with Gasteiger partial charge in [0.15, 0.2) is 23.1 Å². The SMILES string of the molecule is CCC(c1ccccc1)C1C(=O)OC(=O)C1C.CCCCCN.CCCCNC(=O)C(C(CC(c1ccccc1)C1C(=O)OC(=O)C1C)C(=O)O)C(CC1C(=O)N(CCCC)C(=O)C1C(CC(C(=O)O)C(C(=O)OCCOc1ccc(C(=O)CC(=O)c2ccc(C)cc2)cc1)C(CC)c1ccccc1)c1ccccc1)c1ccccc1.Cc1ccc(C(=O)CC(=O)c2ccc(OCCO)cc2)cc1. The van der Waals surface area contributed by atoms with Crippen LogP contribution in [-0.2, 0) is 62.2 Å². The Kier molecular flexibility index (Phi) is 43.1. The van der Waals surface area contributed by atoms with Crippen molar-refractivity contribution in [2.24, 2.45) is 64.9 Å². The van der Waals surface area contributed by atoms with E-state index >= 15 is 19.2 Å². The number of nitrogens with zero attached hydrogens (tertiary/aromatic N) is 1. The van der Waals surface area contributed by atoms with Crippen molar-refractivity contribution in [2.45, 2.75) is 182 Å². The summed E-state index contributed by atoms with van der Waals surface area (Å²) in [6.45, 7) is 17.8. The van der Waals surface area contributed by atoms with E-state index in [1.165, 1.54) is 36.3 Å². The van der Waals surface area contributed by atoms with Gasteiger partial charge in [-0.15, -0.1) is 0 Å². The van der Waals surface area contributed by atoms with Crippen LogP contribution >= 0.6 is 0 Å². The van der Waals surface area contributed by atoms with E-state index in [0.29, 0.717) is 81.7 Å². The summed E-state index contributed by atoms with van der Waals surface area (Å²) in [7, 11) is 0. The second kappa shape index (κ2) is 55.0. The lowest BCUT2D eigenvalue weighted by atomic mass is 9.64. The Hall–Kier alpha value is -13.5. The van der Waals surface area contributed by atoms with Crippen molar-refractivity contribution in [1.82, 2.24) is 10.2 Å². The molecule has 3 aliphatic rings. The lowest BCUT2D eigenvalue weighted by Gasteiger charge is -2.37. The monoisotopic (exact) mass is 1880 g/mol. The highest BCUT2D eigenvalue weighted by atomic mass is 16.6. The summed E-state index contributed by atoms with van der Waals surface area (Å²) >= 11 is 0. The zero-order valence-corrected chi connectivity index (χ0v) is 80.3. The number of unbranched alkanes of at least 4 members (excludes halogenated alkanes) is 4. The predicted octanol–water partition coefficient (Wildman–Crippen LogP) is 18.8. The number of ketones is 4. The Bertz CT molecular complexity index is 5480. The zero-order valence-electron chi connectivity index (χ0n) is 80.3. The number of aryl methyl sites for hydroxylation is 2. The molecule has 0 aromatic heterocycles. The van der Waals surface area contributed by atoms with Crippen molar-refractivity contribution < 1.29 is 106 Å². The van der Waals surface area contributed by atoms with E-state index in [-0.39, 0.29) is 125 Å². The molecule has 0 saturated carbocycles. The van der Waals surface area contributed by atoms with Crippen molar-refractivity contribution >= 4 is 82.6 Å². The summed E-state index contributed by atoms with van der Waals surface area (Å²) in [6.07, 6.45) is 5.69. The van der Waals surface area contributed by atoms with Crippen LogP contribution in [0.15, 0.2) is 249 Å². The number of ether oxygens (including phenoxy) is 5. The molecule has 25 nitrogen and oxygen atoms in total. The number of aliphatic hydroxyl groups is 1. The quantitative estimate of drug-likeness (QED) is 0.00590. The van der Waals surface area contributed by atoms with Crippen molar-refractivity contribution in [3.05, 3.63) is 310 Å². The van der Waals surface area contributed by atoms with Crippen LogP contribution in [0.25, 0.3) is 0 Å². The summed E-state index contributed by atoms with van der Waals surface area (Å²) in [4.78, 5) is 192. The number of esters is 5. The van der Waals surface area contributed by atoms with E-state index in [2.05, 4.69) is 12.2 Å². The normalized spacial score (nSPS) is 17.9. The van der Waals surface area contributed by atoms with Crippen molar-refractivity contribution in [3.63, 3.8) is 0 Å². The molecule has 15 atom stereocenters. The lowest BCUT2D eigenvalue weighted by molar-refractivity contribution is -0.160. The smallest absolute Gasteiger partial charge is 0.318 e. The number of carbonyl (C=O) groups is 14. The number of benzene rings is 9. The highest BCUT2D eigenvalue weighted by molar-refractivity contribution is 6.14. The maximum atomic E-state index is 15.7. The molecule has 0 bridgehead atoms. The molecule has 0 aliphatic carbocycles.